The van der Waals surface area contributed by atoms with Gasteiger partial charge in [0, 0.05) is 44.4 Å². The van der Waals surface area contributed by atoms with Crippen molar-refractivity contribution in [1.29, 1.82) is 0 Å². The number of halogens is 2. The molecule has 1 unspecified atom stereocenters. The van der Waals surface area contributed by atoms with E-state index in [1.165, 1.54) is 0 Å². The Hall–Kier alpha value is -1.34. The van der Waals surface area contributed by atoms with Crippen LogP contribution < -0.4 is 11.1 Å². The number of hydrogen-bond acceptors (Lipinski definition) is 4. The molecule has 0 radical (unpaired) electrons. The molecule has 1 aromatic carbocycles. The summed E-state index contributed by atoms with van der Waals surface area (Å²) in [5.41, 5.74) is 5.67. The molecule has 3 N–H and O–H groups in total. The van der Waals surface area contributed by atoms with Gasteiger partial charge in [0.1, 0.15) is 0 Å². The smallest absolute Gasteiger partial charge is 0.233 e. The number of rotatable bonds is 5. The molecule has 0 aromatic heterocycles. The maximum absolute atomic E-state index is 13.7. The molecule has 1 aromatic rings. The van der Waals surface area contributed by atoms with E-state index in [0.717, 1.165) is 18.4 Å². The molecule has 156 valence electrons. The fraction of sp³-hybridized carbons (Fsp3) is 0.600. The van der Waals surface area contributed by atoms with E-state index in [1.807, 2.05) is 29.2 Å². The lowest BCUT2D eigenvalue weighted by Gasteiger charge is -2.42. The van der Waals surface area contributed by atoms with E-state index in [9.17, 15) is 9.59 Å². The van der Waals surface area contributed by atoms with E-state index < -0.39 is 5.41 Å². The molecule has 0 spiro atoms. The zero-order chi connectivity index (χ0) is 19.3. The zero-order valence-corrected chi connectivity index (χ0v) is 17.6. The number of ether oxygens (including phenoxy) is 1. The third kappa shape index (κ3) is 4.79. The highest BCUT2D eigenvalue weighted by atomic mass is 35.5. The molecule has 0 saturated carbocycles. The fourth-order valence-electron chi connectivity index (χ4n) is 4.19. The predicted molar refractivity (Wildman–Crippen MR) is 112 cm³/mol. The number of carbonyl (C=O) groups is 2. The molecule has 1 atom stereocenters. The average molecular weight is 430 g/mol. The molecule has 2 aliphatic heterocycles. The van der Waals surface area contributed by atoms with Crippen LogP contribution in [0.2, 0.25) is 5.02 Å². The van der Waals surface area contributed by atoms with Gasteiger partial charge in [-0.1, -0.05) is 29.8 Å². The SMILES string of the molecule is Cl.NCCNC(=O)C1CCCN(C(=O)C2(c3ccccc3Cl)CCOCC2)C1. The molecule has 2 heterocycles. The van der Waals surface area contributed by atoms with Crippen LogP contribution in [0.1, 0.15) is 31.2 Å². The van der Waals surface area contributed by atoms with Crippen molar-refractivity contribution in [3.8, 4) is 0 Å². The second kappa shape index (κ2) is 10.4. The van der Waals surface area contributed by atoms with Crippen LogP contribution in [0, 0.1) is 5.92 Å². The van der Waals surface area contributed by atoms with E-state index >= 15 is 0 Å². The van der Waals surface area contributed by atoms with Crippen LogP contribution in [0.15, 0.2) is 24.3 Å². The van der Waals surface area contributed by atoms with E-state index in [0.29, 0.717) is 57.3 Å². The predicted octanol–water partition coefficient (Wildman–Crippen LogP) is 2.12. The number of piperidine rings is 1. The van der Waals surface area contributed by atoms with Gasteiger partial charge < -0.3 is 20.7 Å². The number of amides is 2. The first kappa shape index (κ1) is 22.9. The van der Waals surface area contributed by atoms with Crippen molar-refractivity contribution in [2.24, 2.45) is 11.7 Å². The molecule has 28 heavy (non-hydrogen) atoms. The van der Waals surface area contributed by atoms with Gasteiger partial charge in [0.2, 0.25) is 11.8 Å². The van der Waals surface area contributed by atoms with Crippen LogP contribution in [0.5, 0.6) is 0 Å². The van der Waals surface area contributed by atoms with Crippen molar-refractivity contribution in [2.75, 3.05) is 39.4 Å². The second-order valence-electron chi connectivity index (χ2n) is 7.34. The van der Waals surface area contributed by atoms with Gasteiger partial charge in [-0.15, -0.1) is 12.4 Å². The number of likely N-dealkylation sites (tertiary alicyclic amines) is 1. The summed E-state index contributed by atoms with van der Waals surface area (Å²) in [4.78, 5) is 27.9. The van der Waals surface area contributed by atoms with Crippen LogP contribution >= 0.6 is 24.0 Å². The Morgan fingerprint density at radius 1 is 1.29 bits per heavy atom. The maximum Gasteiger partial charge on any atom is 0.233 e. The molecule has 2 fully saturated rings. The minimum Gasteiger partial charge on any atom is -0.381 e. The number of hydrogen-bond donors (Lipinski definition) is 2. The summed E-state index contributed by atoms with van der Waals surface area (Å²) in [6, 6.07) is 7.58. The summed E-state index contributed by atoms with van der Waals surface area (Å²) in [7, 11) is 0. The van der Waals surface area contributed by atoms with Crippen LogP contribution in [-0.4, -0.2) is 56.1 Å². The average Bonchev–Trinajstić information content (AvgIpc) is 2.72. The van der Waals surface area contributed by atoms with Gasteiger partial charge >= 0.3 is 0 Å². The highest BCUT2D eigenvalue weighted by molar-refractivity contribution is 6.31. The normalized spacial score (nSPS) is 21.5. The van der Waals surface area contributed by atoms with Gasteiger partial charge in [0.15, 0.2) is 0 Å². The summed E-state index contributed by atoms with van der Waals surface area (Å²) in [5.74, 6) is -0.135. The zero-order valence-electron chi connectivity index (χ0n) is 16.0. The Labute approximate surface area is 177 Å². The Morgan fingerprint density at radius 2 is 2.00 bits per heavy atom. The largest absolute Gasteiger partial charge is 0.381 e. The quantitative estimate of drug-likeness (QED) is 0.750. The molecule has 2 amide bonds. The van der Waals surface area contributed by atoms with Crippen molar-refractivity contribution in [1.82, 2.24) is 10.2 Å². The lowest BCUT2D eigenvalue weighted by atomic mass is 9.72. The Morgan fingerprint density at radius 3 is 2.68 bits per heavy atom. The second-order valence-corrected chi connectivity index (χ2v) is 7.75. The molecular formula is C20H29Cl2N3O3. The standard InChI is InChI=1S/C20H28ClN3O3.ClH/c21-17-6-2-1-5-16(17)20(7-12-27-13-8-20)19(26)24-11-3-4-15(14-24)18(25)23-10-9-22;/h1-2,5-6,15H,3-4,7-14,22H2,(H,23,25);1H. The molecule has 2 aliphatic rings. The Bertz CT molecular complexity index is 680. The number of nitrogens with two attached hydrogens (primary N) is 1. The Balaban J connectivity index is 0.00000280. The summed E-state index contributed by atoms with van der Waals surface area (Å²) in [6.45, 7) is 3.06. The van der Waals surface area contributed by atoms with Crippen molar-refractivity contribution in [3.05, 3.63) is 34.9 Å². The maximum atomic E-state index is 13.7. The summed E-state index contributed by atoms with van der Waals surface area (Å²) < 4.78 is 5.54. The van der Waals surface area contributed by atoms with Crippen LogP contribution in [0.25, 0.3) is 0 Å². The van der Waals surface area contributed by atoms with E-state index in [-0.39, 0.29) is 30.1 Å². The van der Waals surface area contributed by atoms with E-state index in [1.54, 1.807) is 0 Å². The molecular weight excluding hydrogens is 401 g/mol. The number of benzene rings is 1. The highest BCUT2D eigenvalue weighted by Gasteiger charge is 2.46. The summed E-state index contributed by atoms with van der Waals surface area (Å²) >= 11 is 6.48. The van der Waals surface area contributed by atoms with Gasteiger partial charge in [-0.3, -0.25) is 9.59 Å². The monoisotopic (exact) mass is 429 g/mol. The van der Waals surface area contributed by atoms with Crippen molar-refractivity contribution in [3.63, 3.8) is 0 Å². The third-order valence-electron chi connectivity index (χ3n) is 5.67. The lowest BCUT2D eigenvalue weighted by molar-refractivity contribution is -0.144. The number of nitrogens with zero attached hydrogens (tertiary/aromatic N) is 1. The summed E-state index contributed by atoms with van der Waals surface area (Å²) in [6.07, 6.45) is 2.83. The first-order valence-electron chi connectivity index (χ1n) is 9.68. The first-order chi connectivity index (χ1) is 13.1. The minimum absolute atomic E-state index is 0. The van der Waals surface area contributed by atoms with Crippen LogP contribution in [-0.2, 0) is 19.7 Å². The van der Waals surface area contributed by atoms with E-state index in [2.05, 4.69) is 5.32 Å². The number of nitrogens with one attached hydrogen (secondary N) is 1. The molecule has 2 saturated heterocycles. The Kier molecular flexibility index (Phi) is 8.56. The van der Waals surface area contributed by atoms with E-state index in [4.69, 9.17) is 22.1 Å². The van der Waals surface area contributed by atoms with Gasteiger partial charge in [-0.25, -0.2) is 0 Å². The fourth-order valence-corrected chi connectivity index (χ4v) is 4.50. The van der Waals surface area contributed by atoms with Crippen LogP contribution in [0.3, 0.4) is 0 Å². The van der Waals surface area contributed by atoms with Crippen molar-refractivity contribution >= 4 is 35.8 Å². The van der Waals surface area contributed by atoms with Gasteiger partial charge in [0.05, 0.1) is 11.3 Å². The number of carbonyl (C=O) groups excluding carboxylic acids is 2. The first-order valence-corrected chi connectivity index (χ1v) is 10.1. The van der Waals surface area contributed by atoms with Gasteiger partial charge in [0.25, 0.3) is 0 Å². The molecule has 3 rings (SSSR count). The molecule has 0 aliphatic carbocycles. The topological polar surface area (TPSA) is 84.7 Å². The van der Waals surface area contributed by atoms with Crippen molar-refractivity contribution in [2.45, 2.75) is 31.1 Å². The molecule has 8 heteroatoms. The molecule has 0 bridgehead atoms. The lowest BCUT2D eigenvalue weighted by Crippen LogP contribution is -2.54. The molecule has 6 nitrogen and oxygen atoms in total. The summed E-state index contributed by atoms with van der Waals surface area (Å²) in [5, 5.41) is 3.46. The highest BCUT2D eigenvalue weighted by Crippen LogP contribution is 2.41. The van der Waals surface area contributed by atoms with Crippen LogP contribution in [0.4, 0.5) is 0 Å². The minimum atomic E-state index is -0.674. The van der Waals surface area contributed by atoms with Gasteiger partial charge in [-0.05, 0) is 37.3 Å². The van der Waals surface area contributed by atoms with Crippen molar-refractivity contribution < 1.29 is 14.3 Å². The van der Waals surface area contributed by atoms with Gasteiger partial charge in [-0.2, -0.15) is 0 Å². The third-order valence-corrected chi connectivity index (χ3v) is 6.00.